The number of hydrogen-bond acceptors (Lipinski definition) is 2. The van der Waals surface area contributed by atoms with Crippen LogP contribution in [0.15, 0.2) is 21.0 Å². The van der Waals surface area contributed by atoms with E-state index in [1.54, 1.807) is 0 Å². The number of oxazole rings is 1. The first kappa shape index (κ1) is 10.7. The SMILES string of the molecule is FC(F)(F)c1ccc(Br)c2oc(=S)[nH]c12. The molecule has 2 aromatic rings. The molecule has 0 aliphatic heterocycles. The third kappa shape index (κ3) is 1.81. The van der Waals surface area contributed by atoms with Gasteiger partial charge in [-0.05, 0) is 40.3 Å². The van der Waals surface area contributed by atoms with Gasteiger partial charge < -0.3 is 9.40 Å². The molecule has 80 valence electrons. The molecule has 0 saturated heterocycles. The van der Waals surface area contributed by atoms with Crippen molar-refractivity contribution in [2.24, 2.45) is 0 Å². The van der Waals surface area contributed by atoms with Gasteiger partial charge in [0.1, 0.15) is 0 Å². The fourth-order valence-corrected chi connectivity index (χ4v) is 1.83. The van der Waals surface area contributed by atoms with Gasteiger partial charge >= 0.3 is 6.18 Å². The highest BCUT2D eigenvalue weighted by Crippen LogP contribution is 2.36. The molecule has 1 N–H and O–H groups in total. The highest BCUT2D eigenvalue weighted by atomic mass is 79.9. The number of fused-ring (bicyclic) bond motifs is 1. The molecule has 2 nitrogen and oxygen atoms in total. The molecule has 0 spiro atoms. The number of aromatic amines is 1. The summed E-state index contributed by atoms with van der Waals surface area (Å²) in [7, 11) is 0. The normalized spacial score (nSPS) is 12.3. The third-order valence-electron chi connectivity index (χ3n) is 1.84. The van der Waals surface area contributed by atoms with Crippen LogP contribution in [0.3, 0.4) is 0 Å². The summed E-state index contributed by atoms with van der Waals surface area (Å²) in [6.45, 7) is 0. The van der Waals surface area contributed by atoms with Crippen LogP contribution < -0.4 is 0 Å². The summed E-state index contributed by atoms with van der Waals surface area (Å²) >= 11 is 7.73. The summed E-state index contributed by atoms with van der Waals surface area (Å²) < 4.78 is 43.0. The molecule has 0 aliphatic carbocycles. The summed E-state index contributed by atoms with van der Waals surface area (Å²) in [5.41, 5.74) is -0.850. The third-order valence-corrected chi connectivity index (χ3v) is 2.65. The van der Waals surface area contributed by atoms with E-state index >= 15 is 0 Å². The lowest BCUT2D eigenvalue weighted by atomic mass is 10.2. The van der Waals surface area contributed by atoms with E-state index in [4.69, 9.17) is 4.42 Å². The van der Waals surface area contributed by atoms with Crippen molar-refractivity contribution in [3.8, 4) is 0 Å². The van der Waals surface area contributed by atoms with Crippen molar-refractivity contribution in [1.29, 1.82) is 0 Å². The lowest BCUT2D eigenvalue weighted by Gasteiger charge is -2.06. The van der Waals surface area contributed by atoms with Crippen LogP contribution in [-0.2, 0) is 6.18 Å². The Labute approximate surface area is 95.2 Å². The van der Waals surface area contributed by atoms with Crippen LogP contribution >= 0.6 is 28.1 Å². The van der Waals surface area contributed by atoms with Gasteiger partial charge in [-0.25, -0.2) is 0 Å². The minimum atomic E-state index is -4.43. The minimum Gasteiger partial charge on any atom is -0.428 e. The maximum absolute atomic E-state index is 12.5. The number of hydrogen-bond donors (Lipinski definition) is 1. The molecule has 15 heavy (non-hydrogen) atoms. The zero-order valence-electron chi connectivity index (χ0n) is 6.98. The van der Waals surface area contributed by atoms with Crippen molar-refractivity contribution in [1.82, 2.24) is 4.98 Å². The maximum Gasteiger partial charge on any atom is 0.418 e. The Morgan fingerprint density at radius 2 is 2.00 bits per heavy atom. The number of nitrogens with one attached hydrogen (secondary N) is 1. The van der Waals surface area contributed by atoms with Crippen molar-refractivity contribution < 1.29 is 17.6 Å². The number of H-pyrrole nitrogens is 1. The van der Waals surface area contributed by atoms with Crippen LogP contribution in [0.2, 0.25) is 0 Å². The first-order valence-electron chi connectivity index (χ1n) is 3.78. The van der Waals surface area contributed by atoms with E-state index in [0.717, 1.165) is 6.07 Å². The summed E-state index contributed by atoms with van der Waals surface area (Å²) in [6.07, 6.45) is -4.43. The molecule has 0 fully saturated rings. The van der Waals surface area contributed by atoms with Gasteiger partial charge in [0.05, 0.1) is 15.6 Å². The van der Waals surface area contributed by atoms with Crippen molar-refractivity contribution in [2.75, 3.05) is 0 Å². The molecular weight excluding hydrogens is 295 g/mol. The van der Waals surface area contributed by atoms with Gasteiger partial charge in [0.15, 0.2) is 5.58 Å². The molecule has 1 heterocycles. The molecule has 0 bridgehead atoms. The molecule has 2 rings (SSSR count). The second-order valence-electron chi connectivity index (χ2n) is 2.81. The lowest BCUT2D eigenvalue weighted by molar-refractivity contribution is -0.136. The summed E-state index contributed by atoms with van der Waals surface area (Å²) in [6, 6.07) is 2.24. The topological polar surface area (TPSA) is 28.9 Å². The molecule has 0 atom stereocenters. The smallest absolute Gasteiger partial charge is 0.418 e. The Hall–Kier alpha value is -0.820. The molecular formula is C8H3BrF3NOS. The van der Waals surface area contributed by atoms with E-state index in [-0.39, 0.29) is 15.9 Å². The number of alkyl halides is 3. The van der Waals surface area contributed by atoms with Gasteiger partial charge in [0, 0.05) is 0 Å². The average molecular weight is 298 g/mol. The van der Waals surface area contributed by atoms with Crippen molar-refractivity contribution in [3.63, 3.8) is 0 Å². The standard InChI is InChI=1S/C8H3BrF3NOS/c9-4-2-1-3(8(10,11)12)5-6(4)14-7(15)13-5/h1-2H,(H,13,15). The average Bonchev–Trinajstić information content (AvgIpc) is 2.45. The summed E-state index contributed by atoms with van der Waals surface area (Å²) in [5, 5.41) is 0. The van der Waals surface area contributed by atoms with Gasteiger partial charge in [-0.15, -0.1) is 0 Å². The van der Waals surface area contributed by atoms with Crippen molar-refractivity contribution in [2.45, 2.75) is 6.18 Å². The first-order chi connectivity index (χ1) is 6.89. The van der Waals surface area contributed by atoms with Gasteiger partial charge in [-0.2, -0.15) is 13.2 Å². The predicted molar refractivity (Wildman–Crippen MR) is 54.1 cm³/mol. The van der Waals surface area contributed by atoms with Gasteiger partial charge in [-0.1, -0.05) is 0 Å². The van der Waals surface area contributed by atoms with Gasteiger partial charge in [0.25, 0.3) is 4.84 Å². The largest absolute Gasteiger partial charge is 0.428 e. The highest BCUT2D eigenvalue weighted by Gasteiger charge is 2.34. The molecule has 1 aromatic carbocycles. The van der Waals surface area contributed by atoms with Crippen molar-refractivity contribution >= 4 is 39.2 Å². The Morgan fingerprint density at radius 1 is 1.33 bits per heavy atom. The Morgan fingerprint density at radius 3 is 2.60 bits per heavy atom. The zero-order valence-corrected chi connectivity index (χ0v) is 9.39. The number of halogens is 4. The Bertz CT molecular complexity index is 571. The highest BCUT2D eigenvalue weighted by molar-refractivity contribution is 9.10. The lowest BCUT2D eigenvalue weighted by Crippen LogP contribution is -2.05. The van der Waals surface area contributed by atoms with Crippen LogP contribution in [-0.4, -0.2) is 4.98 Å². The van der Waals surface area contributed by atoms with Crippen LogP contribution in [0, 0.1) is 4.84 Å². The second-order valence-corrected chi connectivity index (χ2v) is 4.04. The number of rotatable bonds is 0. The van der Waals surface area contributed by atoms with Crippen LogP contribution in [0.1, 0.15) is 5.56 Å². The van der Waals surface area contributed by atoms with Crippen LogP contribution in [0.4, 0.5) is 13.2 Å². The van der Waals surface area contributed by atoms with E-state index in [1.165, 1.54) is 6.07 Å². The molecule has 0 radical (unpaired) electrons. The van der Waals surface area contributed by atoms with Gasteiger partial charge in [0.2, 0.25) is 0 Å². The molecule has 0 amide bonds. The van der Waals surface area contributed by atoms with E-state index in [2.05, 4.69) is 33.1 Å². The maximum atomic E-state index is 12.5. The van der Waals surface area contributed by atoms with E-state index in [1.807, 2.05) is 0 Å². The molecule has 7 heteroatoms. The quantitative estimate of drug-likeness (QED) is 0.736. The van der Waals surface area contributed by atoms with Crippen LogP contribution in [0.25, 0.3) is 11.1 Å². The molecule has 1 aromatic heterocycles. The summed E-state index contributed by atoms with van der Waals surface area (Å²) in [4.78, 5) is 2.29. The predicted octanol–water partition coefficient (Wildman–Crippen LogP) is 4.27. The second kappa shape index (κ2) is 3.34. The van der Waals surface area contributed by atoms with E-state index in [9.17, 15) is 13.2 Å². The van der Waals surface area contributed by atoms with E-state index < -0.39 is 11.7 Å². The Balaban J connectivity index is 2.89. The minimum absolute atomic E-state index is 0.0785. The Kier molecular flexibility index (Phi) is 2.38. The monoisotopic (exact) mass is 297 g/mol. The molecule has 0 saturated carbocycles. The zero-order chi connectivity index (χ0) is 11.2. The van der Waals surface area contributed by atoms with Gasteiger partial charge in [-0.3, -0.25) is 0 Å². The summed E-state index contributed by atoms with van der Waals surface area (Å²) in [5.74, 6) is 0. The number of benzene rings is 1. The molecule has 0 aliphatic rings. The molecule has 0 unspecified atom stereocenters. The first-order valence-corrected chi connectivity index (χ1v) is 4.98. The van der Waals surface area contributed by atoms with Crippen LogP contribution in [0.5, 0.6) is 0 Å². The fourth-order valence-electron chi connectivity index (χ4n) is 1.24. The van der Waals surface area contributed by atoms with Crippen molar-refractivity contribution in [3.05, 3.63) is 27.0 Å². The number of aromatic nitrogens is 1. The van der Waals surface area contributed by atoms with E-state index in [0.29, 0.717) is 4.47 Å². The fraction of sp³-hybridized carbons (Fsp3) is 0.125.